The van der Waals surface area contributed by atoms with E-state index in [2.05, 4.69) is 23.3 Å². The molecule has 5 heteroatoms. The Hall–Kier alpha value is -0.910. The molecular weight excluding hydrogens is 282 g/mol. The Morgan fingerprint density at radius 2 is 2.33 bits per heavy atom. The molecule has 0 aromatic carbocycles. The first-order valence-corrected chi connectivity index (χ1v) is 8.82. The van der Waals surface area contributed by atoms with Gasteiger partial charge in [-0.3, -0.25) is 9.69 Å². The highest BCUT2D eigenvalue weighted by molar-refractivity contribution is 7.10. The van der Waals surface area contributed by atoms with Gasteiger partial charge < -0.3 is 10.6 Å². The lowest BCUT2D eigenvalue weighted by Gasteiger charge is -2.38. The molecule has 0 bridgehead atoms. The van der Waals surface area contributed by atoms with E-state index in [-0.39, 0.29) is 5.91 Å². The molecule has 1 fully saturated rings. The number of hydrogen-bond donors (Lipinski definition) is 1. The summed E-state index contributed by atoms with van der Waals surface area (Å²) in [5.74, 6) is 0.829. The highest BCUT2D eigenvalue weighted by atomic mass is 32.1. The van der Waals surface area contributed by atoms with Gasteiger partial charge in [0, 0.05) is 30.6 Å². The van der Waals surface area contributed by atoms with Crippen LogP contribution in [0.4, 0.5) is 0 Å². The molecule has 1 saturated heterocycles. The molecule has 0 radical (unpaired) electrons. The van der Waals surface area contributed by atoms with Gasteiger partial charge in [-0.2, -0.15) is 0 Å². The summed E-state index contributed by atoms with van der Waals surface area (Å²) in [5.41, 5.74) is 7.14. The van der Waals surface area contributed by atoms with Crippen LogP contribution in [0.15, 0.2) is 11.4 Å². The van der Waals surface area contributed by atoms with Gasteiger partial charge in [0.25, 0.3) is 0 Å². The zero-order chi connectivity index (χ0) is 14.8. The van der Waals surface area contributed by atoms with Crippen LogP contribution in [0, 0.1) is 5.92 Å². The number of nitrogens with two attached hydrogens (primary N) is 1. The van der Waals surface area contributed by atoms with Crippen LogP contribution in [-0.2, 0) is 17.8 Å². The first-order chi connectivity index (χ1) is 10.2. The van der Waals surface area contributed by atoms with Crippen molar-refractivity contribution in [2.75, 3.05) is 26.2 Å². The van der Waals surface area contributed by atoms with Crippen molar-refractivity contribution in [1.29, 1.82) is 0 Å². The number of likely N-dealkylation sites (tertiary alicyclic amines) is 1. The van der Waals surface area contributed by atoms with E-state index < -0.39 is 0 Å². The van der Waals surface area contributed by atoms with Crippen LogP contribution in [0.25, 0.3) is 0 Å². The molecule has 3 rings (SSSR count). The van der Waals surface area contributed by atoms with Crippen LogP contribution in [0.5, 0.6) is 0 Å². The van der Waals surface area contributed by atoms with Crippen LogP contribution in [0.1, 0.15) is 30.2 Å². The Labute approximate surface area is 130 Å². The third-order valence-electron chi connectivity index (χ3n) is 4.94. The van der Waals surface area contributed by atoms with Crippen molar-refractivity contribution >= 4 is 17.2 Å². The lowest BCUT2D eigenvalue weighted by Crippen LogP contribution is -2.49. The molecular formula is C16H25N3OS. The molecule has 4 nitrogen and oxygen atoms in total. The topological polar surface area (TPSA) is 49.6 Å². The zero-order valence-corrected chi connectivity index (χ0v) is 13.6. The SMILES string of the molecule is CC1CCC(CN)CN1CC(=O)N1CCc2sccc2C1. The van der Waals surface area contributed by atoms with Gasteiger partial charge in [-0.05, 0) is 55.7 Å². The Kier molecular flexibility index (Phi) is 4.62. The average molecular weight is 307 g/mol. The third-order valence-corrected chi connectivity index (χ3v) is 5.96. The van der Waals surface area contributed by atoms with E-state index in [0.29, 0.717) is 18.5 Å². The summed E-state index contributed by atoms with van der Waals surface area (Å²) in [6.07, 6.45) is 3.37. The second-order valence-corrected chi connectivity index (χ2v) is 7.39. The summed E-state index contributed by atoms with van der Waals surface area (Å²) >= 11 is 1.82. The van der Waals surface area contributed by atoms with Crippen molar-refractivity contribution < 1.29 is 4.79 Å². The summed E-state index contributed by atoms with van der Waals surface area (Å²) < 4.78 is 0. The Morgan fingerprint density at radius 1 is 1.48 bits per heavy atom. The van der Waals surface area contributed by atoms with Gasteiger partial charge >= 0.3 is 0 Å². The van der Waals surface area contributed by atoms with Crippen molar-refractivity contribution in [3.63, 3.8) is 0 Å². The highest BCUT2D eigenvalue weighted by Gasteiger charge is 2.28. The normalized spacial score (nSPS) is 26.7. The number of fused-ring (bicyclic) bond motifs is 1. The monoisotopic (exact) mass is 307 g/mol. The summed E-state index contributed by atoms with van der Waals surface area (Å²) in [6, 6.07) is 2.66. The number of rotatable bonds is 3. The summed E-state index contributed by atoms with van der Waals surface area (Å²) in [4.78, 5) is 18.4. The first-order valence-electron chi connectivity index (χ1n) is 7.94. The molecule has 116 valence electrons. The quantitative estimate of drug-likeness (QED) is 0.924. The summed E-state index contributed by atoms with van der Waals surface area (Å²) in [5, 5.41) is 2.14. The molecule has 0 saturated carbocycles. The van der Waals surface area contributed by atoms with Crippen molar-refractivity contribution in [3.05, 3.63) is 21.9 Å². The Morgan fingerprint density at radius 3 is 3.14 bits per heavy atom. The lowest BCUT2D eigenvalue weighted by atomic mass is 9.93. The molecule has 1 aromatic rings. The summed E-state index contributed by atoms with van der Waals surface area (Å²) in [6.45, 7) is 6.15. The minimum Gasteiger partial charge on any atom is -0.337 e. The maximum absolute atomic E-state index is 12.6. The van der Waals surface area contributed by atoms with Crippen molar-refractivity contribution in [2.45, 2.75) is 38.8 Å². The first kappa shape index (κ1) is 15.0. The van der Waals surface area contributed by atoms with Crippen LogP contribution < -0.4 is 5.73 Å². The highest BCUT2D eigenvalue weighted by Crippen LogP contribution is 2.25. The molecule has 0 aliphatic carbocycles. The molecule has 2 atom stereocenters. The number of thiophene rings is 1. The number of carbonyl (C=O) groups is 1. The molecule has 2 aliphatic heterocycles. The maximum Gasteiger partial charge on any atom is 0.237 e. The third kappa shape index (κ3) is 3.30. The minimum atomic E-state index is 0.274. The van der Waals surface area contributed by atoms with Gasteiger partial charge in [-0.25, -0.2) is 0 Å². The van der Waals surface area contributed by atoms with Gasteiger partial charge in [0.15, 0.2) is 0 Å². The molecule has 2 unspecified atom stereocenters. The van der Waals surface area contributed by atoms with Crippen LogP contribution >= 0.6 is 11.3 Å². The predicted octanol–water partition coefficient (Wildman–Crippen LogP) is 1.69. The summed E-state index contributed by atoms with van der Waals surface area (Å²) in [7, 11) is 0. The van der Waals surface area contributed by atoms with E-state index in [1.165, 1.54) is 16.9 Å². The van der Waals surface area contributed by atoms with Crippen molar-refractivity contribution in [1.82, 2.24) is 9.80 Å². The van der Waals surface area contributed by atoms with E-state index in [9.17, 15) is 4.79 Å². The fourth-order valence-electron chi connectivity index (χ4n) is 3.41. The molecule has 1 aromatic heterocycles. The number of nitrogens with zero attached hydrogens (tertiary/aromatic N) is 2. The smallest absolute Gasteiger partial charge is 0.237 e. The van der Waals surface area contributed by atoms with E-state index in [1.54, 1.807) is 0 Å². The van der Waals surface area contributed by atoms with E-state index in [0.717, 1.165) is 39.0 Å². The van der Waals surface area contributed by atoms with Gasteiger partial charge in [-0.1, -0.05) is 0 Å². The molecule has 0 spiro atoms. The van der Waals surface area contributed by atoms with Crippen LogP contribution in [0.2, 0.25) is 0 Å². The average Bonchev–Trinajstić information content (AvgIpc) is 2.96. The van der Waals surface area contributed by atoms with Gasteiger partial charge in [0.05, 0.1) is 6.54 Å². The standard InChI is InChI=1S/C16H25N3OS/c1-12-2-3-13(8-17)9-19(12)11-16(20)18-6-4-15-14(10-18)5-7-21-15/h5,7,12-13H,2-4,6,8-11,17H2,1H3. The van der Waals surface area contributed by atoms with E-state index in [1.807, 2.05) is 16.2 Å². The Balaban J connectivity index is 1.59. The predicted molar refractivity (Wildman–Crippen MR) is 86.3 cm³/mol. The number of amides is 1. The second kappa shape index (κ2) is 6.46. The zero-order valence-electron chi connectivity index (χ0n) is 12.8. The number of hydrogen-bond acceptors (Lipinski definition) is 4. The molecule has 2 N–H and O–H groups in total. The van der Waals surface area contributed by atoms with Crippen LogP contribution in [0.3, 0.4) is 0 Å². The largest absolute Gasteiger partial charge is 0.337 e. The number of piperidine rings is 1. The van der Waals surface area contributed by atoms with Gasteiger partial charge in [0.1, 0.15) is 0 Å². The van der Waals surface area contributed by atoms with Gasteiger partial charge in [-0.15, -0.1) is 11.3 Å². The molecule has 21 heavy (non-hydrogen) atoms. The van der Waals surface area contributed by atoms with Crippen LogP contribution in [-0.4, -0.2) is 47.9 Å². The minimum absolute atomic E-state index is 0.274. The lowest BCUT2D eigenvalue weighted by molar-refractivity contribution is -0.134. The fourth-order valence-corrected chi connectivity index (χ4v) is 4.30. The van der Waals surface area contributed by atoms with Crippen molar-refractivity contribution in [2.24, 2.45) is 11.7 Å². The Bertz CT molecular complexity index is 501. The fraction of sp³-hybridized carbons (Fsp3) is 0.688. The second-order valence-electron chi connectivity index (χ2n) is 6.39. The molecule has 1 amide bonds. The number of carbonyl (C=O) groups excluding carboxylic acids is 1. The van der Waals surface area contributed by atoms with E-state index >= 15 is 0 Å². The van der Waals surface area contributed by atoms with Crippen molar-refractivity contribution in [3.8, 4) is 0 Å². The van der Waals surface area contributed by atoms with Gasteiger partial charge in [0.2, 0.25) is 5.91 Å². The molecule has 3 heterocycles. The van der Waals surface area contributed by atoms with E-state index in [4.69, 9.17) is 5.73 Å². The maximum atomic E-state index is 12.6. The molecule has 2 aliphatic rings.